The molecule has 0 unspecified atom stereocenters. The monoisotopic (exact) mass is 323 g/mol. The fourth-order valence-electron chi connectivity index (χ4n) is 1.78. The van der Waals surface area contributed by atoms with Crippen molar-refractivity contribution in [3.63, 3.8) is 0 Å². The fraction of sp³-hybridized carbons (Fsp3) is 0.308. The minimum atomic E-state index is -0.504. The Morgan fingerprint density at radius 3 is 2.79 bits per heavy atom. The van der Waals surface area contributed by atoms with Crippen LogP contribution in [0.3, 0.4) is 0 Å². The van der Waals surface area contributed by atoms with Gasteiger partial charge in [-0.15, -0.1) is 5.10 Å². The first-order valence-electron chi connectivity index (χ1n) is 5.87. The Balaban J connectivity index is 2.42. The molecular weight excluding hydrogens is 310 g/mol. The van der Waals surface area contributed by atoms with Gasteiger partial charge >= 0.3 is 5.97 Å². The SMILES string of the molecule is CCOC(=O)c1nc(-c2cc(C)cc(Br)c2)n(C)n1. The van der Waals surface area contributed by atoms with Gasteiger partial charge in [0.1, 0.15) is 0 Å². The minimum Gasteiger partial charge on any atom is -0.460 e. The van der Waals surface area contributed by atoms with E-state index in [-0.39, 0.29) is 5.82 Å². The van der Waals surface area contributed by atoms with Crippen LogP contribution in [0.2, 0.25) is 0 Å². The lowest BCUT2D eigenvalue weighted by Gasteiger charge is -2.02. The largest absolute Gasteiger partial charge is 0.460 e. The molecule has 2 aromatic rings. The molecule has 0 saturated heterocycles. The van der Waals surface area contributed by atoms with Crippen LogP contribution in [0, 0.1) is 6.92 Å². The van der Waals surface area contributed by atoms with Gasteiger partial charge in [-0.1, -0.05) is 15.9 Å². The average molecular weight is 324 g/mol. The summed E-state index contributed by atoms with van der Waals surface area (Å²) in [7, 11) is 1.75. The first-order valence-corrected chi connectivity index (χ1v) is 6.66. The quantitative estimate of drug-likeness (QED) is 0.815. The van der Waals surface area contributed by atoms with Crippen LogP contribution in [-0.4, -0.2) is 27.3 Å². The van der Waals surface area contributed by atoms with Gasteiger partial charge in [0.15, 0.2) is 5.82 Å². The summed E-state index contributed by atoms with van der Waals surface area (Å²) in [6.45, 7) is 4.05. The highest BCUT2D eigenvalue weighted by Crippen LogP contribution is 2.23. The Morgan fingerprint density at radius 2 is 2.16 bits per heavy atom. The second-order valence-electron chi connectivity index (χ2n) is 4.12. The van der Waals surface area contributed by atoms with Crippen LogP contribution < -0.4 is 0 Å². The van der Waals surface area contributed by atoms with Crippen molar-refractivity contribution in [1.29, 1.82) is 0 Å². The third kappa shape index (κ3) is 3.01. The molecule has 0 amide bonds. The number of hydrogen-bond acceptors (Lipinski definition) is 4. The van der Waals surface area contributed by atoms with Crippen molar-refractivity contribution in [3.05, 3.63) is 34.1 Å². The van der Waals surface area contributed by atoms with Crippen LogP contribution in [0.5, 0.6) is 0 Å². The van der Waals surface area contributed by atoms with E-state index < -0.39 is 5.97 Å². The summed E-state index contributed by atoms with van der Waals surface area (Å²) < 4.78 is 7.43. The maximum absolute atomic E-state index is 11.6. The van der Waals surface area contributed by atoms with Gasteiger partial charge in [0.05, 0.1) is 6.61 Å². The summed E-state index contributed by atoms with van der Waals surface area (Å²) in [6.07, 6.45) is 0. The predicted octanol–water partition coefficient (Wildman–Crippen LogP) is 2.73. The lowest BCUT2D eigenvalue weighted by atomic mass is 10.1. The number of benzene rings is 1. The molecule has 1 aromatic heterocycles. The fourth-order valence-corrected chi connectivity index (χ4v) is 2.39. The summed E-state index contributed by atoms with van der Waals surface area (Å²) in [5.41, 5.74) is 2.00. The molecule has 0 bridgehead atoms. The van der Waals surface area contributed by atoms with Crippen LogP contribution in [0.1, 0.15) is 23.1 Å². The van der Waals surface area contributed by atoms with E-state index in [9.17, 15) is 4.79 Å². The van der Waals surface area contributed by atoms with E-state index in [1.54, 1.807) is 18.7 Å². The number of nitrogens with zero attached hydrogens (tertiary/aromatic N) is 3. The second-order valence-corrected chi connectivity index (χ2v) is 5.04. The molecule has 5 nitrogen and oxygen atoms in total. The van der Waals surface area contributed by atoms with Crippen molar-refractivity contribution in [2.45, 2.75) is 13.8 Å². The van der Waals surface area contributed by atoms with Crippen molar-refractivity contribution in [1.82, 2.24) is 14.8 Å². The summed E-state index contributed by atoms with van der Waals surface area (Å²) in [5, 5.41) is 4.08. The van der Waals surface area contributed by atoms with Crippen LogP contribution >= 0.6 is 15.9 Å². The van der Waals surface area contributed by atoms with E-state index in [0.29, 0.717) is 12.4 Å². The zero-order chi connectivity index (χ0) is 14.0. The van der Waals surface area contributed by atoms with Crippen LogP contribution in [0.4, 0.5) is 0 Å². The maximum Gasteiger partial charge on any atom is 0.378 e. The molecule has 0 aliphatic carbocycles. The maximum atomic E-state index is 11.6. The molecule has 0 saturated carbocycles. The smallest absolute Gasteiger partial charge is 0.378 e. The normalized spacial score (nSPS) is 10.5. The van der Waals surface area contributed by atoms with Gasteiger partial charge in [-0.05, 0) is 37.6 Å². The molecular formula is C13H14BrN3O2. The number of halogens is 1. The van der Waals surface area contributed by atoms with Gasteiger partial charge in [-0.2, -0.15) is 0 Å². The second kappa shape index (κ2) is 5.52. The van der Waals surface area contributed by atoms with Crippen LogP contribution in [0.25, 0.3) is 11.4 Å². The highest BCUT2D eigenvalue weighted by Gasteiger charge is 2.17. The number of aromatic nitrogens is 3. The van der Waals surface area contributed by atoms with E-state index in [2.05, 4.69) is 26.0 Å². The first kappa shape index (κ1) is 13.7. The minimum absolute atomic E-state index is 0.0805. The molecule has 0 aliphatic rings. The predicted molar refractivity (Wildman–Crippen MR) is 74.8 cm³/mol. The summed E-state index contributed by atoms with van der Waals surface area (Å²) in [5.74, 6) is 0.209. The van der Waals surface area contributed by atoms with Crippen LogP contribution in [-0.2, 0) is 11.8 Å². The topological polar surface area (TPSA) is 57.0 Å². The van der Waals surface area contributed by atoms with Crippen molar-refractivity contribution < 1.29 is 9.53 Å². The molecule has 0 radical (unpaired) electrons. The van der Waals surface area contributed by atoms with Crippen molar-refractivity contribution in [2.24, 2.45) is 7.05 Å². The van der Waals surface area contributed by atoms with Gasteiger partial charge in [-0.3, -0.25) is 0 Å². The van der Waals surface area contributed by atoms with Gasteiger partial charge in [0.2, 0.25) is 0 Å². The number of rotatable bonds is 3. The molecule has 1 heterocycles. The Morgan fingerprint density at radius 1 is 1.42 bits per heavy atom. The van der Waals surface area contributed by atoms with Crippen molar-refractivity contribution in [2.75, 3.05) is 6.61 Å². The zero-order valence-electron chi connectivity index (χ0n) is 11.0. The summed E-state index contributed by atoms with van der Waals surface area (Å²) in [4.78, 5) is 15.8. The summed E-state index contributed by atoms with van der Waals surface area (Å²) >= 11 is 3.45. The molecule has 1 aromatic carbocycles. The lowest BCUT2D eigenvalue weighted by Crippen LogP contribution is -2.07. The summed E-state index contributed by atoms with van der Waals surface area (Å²) in [6, 6.07) is 5.93. The third-order valence-electron chi connectivity index (χ3n) is 2.52. The van der Waals surface area contributed by atoms with E-state index in [1.807, 2.05) is 25.1 Å². The molecule has 0 spiro atoms. The number of hydrogen-bond donors (Lipinski definition) is 0. The molecule has 0 atom stereocenters. The Kier molecular flexibility index (Phi) is 3.99. The number of aryl methyl sites for hydroxylation is 2. The van der Waals surface area contributed by atoms with Gasteiger partial charge in [-0.25, -0.2) is 14.5 Å². The Bertz CT molecular complexity index is 602. The van der Waals surface area contributed by atoms with E-state index in [4.69, 9.17) is 4.74 Å². The molecule has 2 rings (SSSR count). The molecule has 19 heavy (non-hydrogen) atoms. The first-order chi connectivity index (χ1) is 9.01. The van der Waals surface area contributed by atoms with E-state index in [1.165, 1.54) is 0 Å². The molecule has 0 aliphatic heterocycles. The molecule has 100 valence electrons. The molecule has 0 fully saturated rings. The highest BCUT2D eigenvalue weighted by atomic mass is 79.9. The Hall–Kier alpha value is -1.69. The van der Waals surface area contributed by atoms with E-state index in [0.717, 1.165) is 15.6 Å². The highest BCUT2D eigenvalue weighted by molar-refractivity contribution is 9.10. The van der Waals surface area contributed by atoms with Gasteiger partial charge in [0.25, 0.3) is 5.82 Å². The number of carbonyl (C=O) groups is 1. The molecule has 6 heteroatoms. The van der Waals surface area contributed by atoms with E-state index >= 15 is 0 Å². The lowest BCUT2D eigenvalue weighted by molar-refractivity contribution is 0.0512. The zero-order valence-corrected chi connectivity index (χ0v) is 12.6. The number of ether oxygens (including phenoxy) is 1. The average Bonchev–Trinajstić information content (AvgIpc) is 2.70. The van der Waals surface area contributed by atoms with Crippen LogP contribution in [0.15, 0.2) is 22.7 Å². The molecule has 0 N–H and O–H groups in total. The van der Waals surface area contributed by atoms with Gasteiger partial charge in [0, 0.05) is 17.1 Å². The number of carbonyl (C=O) groups excluding carboxylic acids is 1. The van der Waals surface area contributed by atoms with Crippen molar-refractivity contribution >= 4 is 21.9 Å². The van der Waals surface area contributed by atoms with Gasteiger partial charge < -0.3 is 4.74 Å². The standard InChI is InChI=1S/C13H14BrN3O2/c1-4-19-13(18)11-15-12(17(3)16-11)9-5-8(2)6-10(14)7-9/h5-7H,4H2,1-3H3. The Labute approximate surface area is 119 Å². The number of esters is 1. The van der Waals surface area contributed by atoms with Crippen molar-refractivity contribution in [3.8, 4) is 11.4 Å². The third-order valence-corrected chi connectivity index (χ3v) is 2.98.